The van der Waals surface area contributed by atoms with Crippen molar-refractivity contribution in [1.29, 1.82) is 1.43 Å². The van der Waals surface area contributed by atoms with E-state index in [1.54, 1.807) is 6.07 Å². The lowest BCUT2D eigenvalue weighted by atomic mass is 9.53. The normalized spacial score (nSPS) is 44.2. The van der Waals surface area contributed by atoms with Crippen molar-refractivity contribution in [2.24, 2.45) is 5.92 Å². The number of nitrogens with zero attached hydrogens (tertiary/aromatic N) is 1. The zero-order valence-corrected chi connectivity index (χ0v) is 12.4. The average molecular weight is 303 g/mol. The van der Waals surface area contributed by atoms with Crippen LogP contribution in [-0.2, 0) is 11.8 Å². The molecule has 1 N–H and O–H groups in total. The first-order chi connectivity index (χ1) is 12.3. The van der Waals surface area contributed by atoms with Crippen LogP contribution in [0.5, 0.6) is 11.5 Å². The van der Waals surface area contributed by atoms with Crippen molar-refractivity contribution in [3.63, 3.8) is 0 Å². The molecule has 1 fully saturated rings. The van der Waals surface area contributed by atoms with Crippen LogP contribution in [-0.4, -0.2) is 50.3 Å². The molecule has 0 saturated carbocycles. The fourth-order valence-electron chi connectivity index (χ4n) is 5.29. The molecular weight excluding hydrogens is 278 g/mol. The summed E-state index contributed by atoms with van der Waals surface area (Å²) in [6.45, 7) is 0.933. The Labute approximate surface area is 136 Å². The first-order valence-corrected chi connectivity index (χ1v) is 7.88. The van der Waals surface area contributed by atoms with Gasteiger partial charge in [-0.2, -0.15) is 0 Å². The van der Waals surface area contributed by atoms with Gasteiger partial charge in [-0.3, -0.25) is 0 Å². The van der Waals surface area contributed by atoms with Gasteiger partial charge in [0.2, 0.25) is 1.43 Å². The molecule has 4 nitrogen and oxygen atoms in total. The summed E-state index contributed by atoms with van der Waals surface area (Å²) in [6.07, 6.45) is 5.07. The molecule has 116 valence electrons. The molecule has 2 heterocycles. The molecule has 2 aliphatic carbocycles. The molecule has 0 amide bonds. The van der Waals surface area contributed by atoms with Gasteiger partial charge in [0.25, 0.3) is 0 Å². The summed E-state index contributed by atoms with van der Waals surface area (Å²) in [6, 6.07) is 4.05. The van der Waals surface area contributed by atoms with Crippen LogP contribution >= 0.6 is 0 Å². The number of hydrogen-bond acceptors (Lipinski definition) is 4. The van der Waals surface area contributed by atoms with Crippen molar-refractivity contribution in [3.05, 3.63) is 35.4 Å². The van der Waals surface area contributed by atoms with Gasteiger partial charge in [-0.15, -0.1) is 0 Å². The number of aliphatic hydroxyl groups excluding tert-OH is 1. The maximum absolute atomic E-state index is 7.50. The summed E-state index contributed by atoms with van der Waals surface area (Å²) < 4.78 is 41.4. The second-order valence-corrected chi connectivity index (χ2v) is 6.99. The van der Waals surface area contributed by atoms with E-state index in [1.165, 1.54) is 5.56 Å². The highest BCUT2D eigenvalue weighted by Crippen LogP contribution is 2.62. The first kappa shape index (κ1) is 9.58. The van der Waals surface area contributed by atoms with E-state index in [9.17, 15) is 0 Å². The number of aliphatic hydroxyl groups is 1. The lowest BCUT2D eigenvalue weighted by molar-refractivity contribution is -0.0453. The standard InChI is InChI=1S/C18H21NO3/c1-19-8-7-18-11-4-5-13(20)17(18)22-16-14(21-2)6-3-10(15(16)18)9-12(11)19/h3-6,11-13,17,20H,7-9H2,1-2H3/t11-,12+,13?,17?,18-/m0/s1/i2D3,20D. The highest BCUT2D eigenvalue weighted by atomic mass is 16.5. The van der Waals surface area contributed by atoms with Crippen molar-refractivity contribution >= 4 is 0 Å². The number of ether oxygens (including phenoxy) is 2. The van der Waals surface area contributed by atoms with Crippen LogP contribution in [0.25, 0.3) is 0 Å². The van der Waals surface area contributed by atoms with E-state index in [4.69, 9.17) is 20.1 Å². The molecule has 0 radical (unpaired) electrons. The Hall–Kier alpha value is -1.52. The largest absolute Gasteiger partial charge is 0.493 e. The van der Waals surface area contributed by atoms with Crippen molar-refractivity contribution in [2.45, 2.75) is 36.5 Å². The summed E-state index contributed by atoms with van der Waals surface area (Å²) in [4.78, 5) is 2.40. The quantitative estimate of drug-likeness (QED) is 0.841. The maximum Gasteiger partial charge on any atom is 0.211 e. The van der Waals surface area contributed by atoms with Crippen molar-refractivity contribution < 1.29 is 18.7 Å². The lowest BCUT2D eigenvalue weighted by Gasteiger charge is -2.56. The molecule has 2 unspecified atom stereocenters. The Morgan fingerprint density at radius 2 is 2.45 bits per heavy atom. The predicted molar refractivity (Wildman–Crippen MR) is 82.5 cm³/mol. The van der Waals surface area contributed by atoms with E-state index < -0.39 is 13.1 Å². The molecule has 22 heavy (non-hydrogen) atoms. The molecule has 2 bridgehead atoms. The van der Waals surface area contributed by atoms with Crippen molar-refractivity contribution in [3.8, 4) is 11.5 Å². The fraction of sp³-hybridized carbons (Fsp3) is 0.556. The van der Waals surface area contributed by atoms with Crippen molar-refractivity contribution in [2.75, 3.05) is 20.6 Å². The van der Waals surface area contributed by atoms with Crippen LogP contribution in [0.15, 0.2) is 24.3 Å². The molecule has 1 saturated heterocycles. The van der Waals surface area contributed by atoms with Gasteiger partial charge < -0.3 is 19.5 Å². The van der Waals surface area contributed by atoms with Crippen LogP contribution in [0.4, 0.5) is 0 Å². The van der Waals surface area contributed by atoms with Crippen LogP contribution in [0, 0.1) is 5.92 Å². The third kappa shape index (κ3) is 1.28. The van der Waals surface area contributed by atoms with E-state index in [1.807, 2.05) is 12.1 Å². The zero-order valence-electron chi connectivity index (χ0n) is 16.4. The minimum atomic E-state index is -2.54. The van der Waals surface area contributed by atoms with E-state index in [-0.39, 0.29) is 23.2 Å². The first-order valence-electron chi connectivity index (χ1n) is 9.78. The van der Waals surface area contributed by atoms with E-state index in [0.717, 1.165) is 24.9 Å². The molecule has 5 atom stereocenters. The smallest absolute Gasteiger partial charge is 0.211 e. The summed E-state index contributed by atoms with van der Waals surface area (Å²) >= 11 is 0. The van der Waals surface area contributed by atoms with E-state index in [2.05, 4.69) is 18.0 Å². The second-order valence-electron chi connectivity index (χ2n) is 6.99. The molecule has 1 aromatic rings. The van der Waals surface area contributed by atoms with Gasteiger partial charge in [-0.1, -0.05) is 18.2 Å². The number of piperidine rings is 1. The maximum atomic E-state index is 7.50. The van der Waals surface area contributed by atoms with Gasteiger partial charge in [0.15, 0.2) is 11.5 Å². The molecule has 1 spiro atoms. The summed E-state index contributed by atoms with van der Waals surface area (Å²) in [5.41, 5.74) is 1.98. The summed E-state index contributed by atoms with van der Waals surface area (Å²) in [7, 11) is -0.381. The topological polar surface area (TPSA) is 41.9 Å². The predicted octanol–water partition coefficient (Wildman–Crippen LogP) is 1.50. The Kier molecular flexibility index (Phi) is 1.77. The Morgan fingerprint density at radius 1 is 1.50 bits per heavy atom. The molecule has 0 aromatic heterocycles. The SMILES string of the molecule is [2H]OC1C=C[C@H]2[C@H]3Cc4ccc(OC([2H])([2H])[2H])c5c4[C@@]2(CCN3C)C1O5. The number of rotatable bonds is 2. The second kappa shape index (κ2) is 4.06. The number of likely N-dealkylation sites (N-methyl/N-ethyl adjacent to an activating group) is 1. The summed E-state index contributed by atoms with van der Waals surface area (Å²) in [5, 5.41) is 4.98. The highest BCUT2D eigenvalue weighted by Gasteiger charge is 2.64. The Balaban J connectivity index is 1.73. The third-order valence-corrected chi connectivity index (χ3v) is 6.23. The van der Waals surface area contributed by atoms with Gasteiger partial charge in [-0.05, 0) is 38.1 Å². The summed E-state index contributed by atoms with van der Waals surface area (Å²) in [5.74, 6) is 1.05. The van der Waals surface area contributed by atoms with E-state index >= 15 is 0 Å². The van der Waals surface area contributed by atoms with Crippen molar-refractivity contribution in [1.82, 2.24) is 4.90 Å². The van der Waals surface area contributed by atoms with Gasteiger partial charge in [-0.25, -0.2) is 0 Å². The molecule has 5 rings (SSSR count). The van der Waals surface area contributed by atoms with Crippen LogP contribution in [0.3, 0.4) is 0 Å². The zero-order chi connectivity index (χ0) is 18.3. The van der Waals surface area contributed by atoms with Crippen LogP contribution in [0.2, 0.25) is 0 Å². The minimum Gasteiger partial charge on any atom is -0.493 e. The molecule has 4 heteroatoms. The molecule has 4 aliphatic rings. The monoisotopic (exact) mass is 303 g/mol. The Morgan fingerprint density at radius 3 is 3.32 bits per heavy atom. The Bertz CT molecular complexity index is 795. The molecule has 2 aliphatic heterocycles. The van der Waals surface area contributed by atoms with Gasteiger partial charge in [0.05, 0.1) is 11.2 Å². The molecule has 1 aromatic carbocycles. The fourth-order valence-corrected chi connectivity index (χ4v) is 5.29. The third-order valence-electron chi connectivity index (χ3n) is 6.23. The lowest BCUT2D eigenvalue weighted by Crippen LogP contribution is -2.64. The average Bonchev–Trinajstić information content (AvgIpc) is 2.93. The number of benzene rings is 1. The number of likely N-dealkylation sites (tertiary alicyclic amines) is 1. The molecular formula is C18H21NO3. The minimum absolute atomic E-state index is 0.257. The number of hydrogen-bond donors (Lipinski definition) is 1. The number of methoxy groups -OCH3 is 1. The van der Waals surface area contributed by atoms with Crippen LogP contribution in [0.1, 0.15) is 21.7 Å². The van der Waals surface area contributed by atoms with Gasteiger partial charge >= 0.3 is 0 Å². The van der Waals surface area contributed by atoms with E-state index in [0.29, 0.717) is 11.8 Å². The van der Waals surface area contributed by atoms with Gasteiger partial charge in [0, 0.05) is 22.9 Å². The van der Waals surface area contributed by atoms with Gasteiger partial charge in [0.1, 0.15) is 12.2 Å². The highest BCUT2D eigenvalue weighted by molar-refractivity contribution is 5.62. The van der Waals surface area contributed by atoms with Crippen LogP contribution < -0.4 is 9.47 Å².